The van der Waals surface area contributed by atoms with Gasteiger partial charge < -0.3 is 5.32 Å². The first kappa shape index (κ1) is 58.4. The predicted octanol–water partition coefficient (Wildman–Crippen LogP) is 21.9. The third-order valence-electron chi connectivity index (χ3n) is 16.9. The zero-order valence-corrected chi connectivity index (χ0v) is 53.0. The minimum Gasteiger partial charge on any atom is -0.343 e. The van der Waals surface area contributed by atoms with Crippen LogP contribution in [0.4, 0.5) is 5.69 Å². The van der Waals surface area contributed by atoms with Crippen LogP contribution in [0.2, 0.25) is 0 Å². The molecule has 0 aliphatic carbocycles. The van der Waals surface area contributed by atoms with E-state index in [1.165, 1.54) is 100 Å². The van der Waals surface area contributed by atoms with Gasteiger partial charge >= 0.3 is 0 Å². The van der Waals surface area contributed by atoms with E-state index in [9.17, 15) is 0 Å². The van der Waals surface area contributed by atoms with Gasteiger partial charge in [-0.05, 0) is 169 Å². The quantitative estimate of drug-likeness (QED) is 0.156. The fourth-order valence-corrected chi connectivity index (χ4v) is 11.7. The first-order valence-electron chi connectivity index (χ1n) is 30.1. The molecular weight excluding hydrogens is 1000 g/mol. The number of nitrogens with zero attached hydrogens (tertiary/aromatic N) is 2. The zero-order valence-electron chi connectivity index (χ0n) is 53.0. The Balaban J connectivity index is 1.03. The van der Waals surface area contributed by atoms with Crippen LogP contribution in [-0.4, -0.2) is 5.84 Å². The molecule has 1 aliphatic heterocycles. The normalized spacial score (nSPS) is 14.4. The average molecular weight is 1090 g/mol. The second kappa shape index (κ2) is 21.8. The number of nitrogens with one attached hydrogen (secondary N) is 1. The van der Waals surface area contributed by atoms with E-state index in [-0.39, 0.29) is 38.7 Å². The molecule has 0 fully saturated rings. The van der Waals surface area contributed by atoms with E-state index >= 15 is 0 Å². The van der Waals surface area contributed by atoms with Crippen molar-refractivity contribution >= 4 is 11.5 Å². The Kier molecular flexibility index (Phi) is 15.3. The van der Waals surface area contributed by atoms with Crippen LogP contribution in [0.1, 0.15) is 175 Å². The van der Waals surface area contributed by atoms with Crippen molar-refractivity contribution in [1.82, 2.24) is 5.32 Å². The number of rotatable bonds is 9. The molecular formula is C80H89N3. The maximum Gasteiger partial charge on any atom is 0.155 e. The van der Waals surface area contributed by atoms with Gasteiger partial charge in [0.25, 0.3) is 0 Å². The maximum absolute atomic E-state index is 5.49. The van der Waals surface area contributed by atoms with Crippen molar-refractivity contribution in [2.45, 2.75) is 163 Å². The number of amidine groups is 1. The molecule has 1 heterocycles. The van der Waals surface area contributed by atoms with Crippen LogP contribution in [0, 0.1) is 0 Å². The standard InChI is InChI=1S/C80H89N3/c1-75(2,3)63-38-27-52(28-39-63)60-35-46-70(78(10,11)12)67(49-60)55-19-23-58(24-20-55)73-81-74(59-25-21-56(22-26-59)68-50-61(36-47-71(68)79(13,14)15)53-29-40-64(41-30-53)76(4,5)6)83(82-73)66-44-33-57(34-45-66)69-51-62(37-48-72(69)80(16,17)18)54-31-42-65(43-32-54)77(7,8)9/h19-51,74H,1-18H3,(H,81,82). The van der Waals surface area contributed by atoms with Gasteiger partial charge in [-0.1, -0.05) is 294 Å². The highest BCUT2D eigenvalue weighted by molar-refractivity contribution is 6.01. The molecule has 424 valence electrons. The van der Waals surface area contributed by atoms with Gasteiger partial charge in [0.2, 0.25) is 0 Å². The van der Waals surface area contributed by atoms with Crippen LogP contribution in [0.15, 0.2) is 205 Å². The molecule has 0 amide bonds. The molecule has 10 rings (SSSR count). The van der Waals surface area contributed by atoms with Gasteiger partial charge in [0.05, 0.1) is 5.69 Å². The molecule has 0 aromatic heterocycles. The summed E-state index contributed by atoms with van der Waals surface area (Å²) in [7, 11) is 0. The fraction of sp³-hybridized carbons (Fsp3) is 0.312. The molecule has 0 bridgehead atoms. The number of hydrogen-bond donors (Lipinski definition) is 1. The summed E-state index contributed by atoms with van der Waals surface area (Å²) in [5, 5.41) is 11.6. The van der Waals surface area contributed by atoms with Crippen molar-refractivity contribution in [1.29, 1.82) is 0 Å². The maximum atomic E-state index is 5.49. The van der Waals surface area contributed by atoms with E-state index in [0.29, 0.717) is 0 Å². The molecule has 9 aromatic carbocycles. The van der Waals surface area contributed by atoms with Gasteiger partial charge in [-0.3, -0.25) is 0 Å². The molecule has 0 radical (unpaired) electrons. The lowest BCUT2D eigenvalue weighted by atomic mass is 9.80. The highest BCUT2D eigenvalue weighted by Gasteiger charge is 2.31. The number of benzene rings is 9. The second-order valence-corrected chi connectivity index (χ2v) is 29.6. The van der Waals surface area contributed by atoms with Crippen LogP contribution in [-0.2, 0) is 32.5 Å². The summed E-state index contributed by atoms with van der Waals surface area (Å²) in [5.74, 6) is 0.832. The fourth-order valence-electron chi connectivity index (χ4n) is 11.7. The lowest BCUT2D eigenvalue weighted by Gasteiger charge is -2.26. The van der Waals surface area contributed by atoms with Crippen LogP contribution >= 0.6 is 0 Å². The lowest BCUT2D eigenvalue weighted by Crippen LogP contribution is -2.30. The zero-order chi connectivity index (χ0) is 59.6. The Morgan fingerprint density at radius 3 is 0.843 bits per heavy atom. The van der Waals surface area contributed by atoms with Crippen LogP contribution < -0.4 is 10.3 Å². The predicted molar refractivity (Wildman–Crippen MR) is 359 cm³/mol. The van der Waals surface area contributed by atoms with Crippen molar-refractivity contribution in [3.05, 3.63) is 245 Å². The smallest absolute Gasteiger partial charge is 0.155 e. The summed E-state index contributed by atoms with van der Waals surface area (Å²) in [5.41, 5.74) is 25.9. The average Bonchev–Trinajstić information content (AvgIpc) is 4.16. The summed E-state index contributed by atoms with van der Waals surface area (Å²) < 4.78 is 0. The summed E-state index contributed by atoms with van der Waals surface area (Å²) in [6, 6.07) is 75.6. The first-order chi connectivity index (χ1) is 38.9. The first-order valence-corrected chi connectivity index (χ1v) is 30.1. The van der Waals surface area contributed by atoms with E-state index in [2.05, 4.69) is 335 Å². The highest BCUT2D eigenvalue weighted by Crippen LogP contribution is 2.43. The summed E-state index contributed by atoms with van der Waals surface area (Å²) in [6.07, 6.45) is -0.266. The Hall–Kier alpha value is -7.75. The number of hydrogen-bond acceptors (Lipinski definition) is 3. The highest BCUT2D eigenvalue weighted by atomic mass is 15.6. The Morgan fingerprint density at radius 1 is 0.277 bits per heavy atom. The Bertz CT molecular complexity index is 3790. The molecule has 9 aromatic rings. The summed E-state index contributed by atoms with van der Waals surface area (Å²) in [6.45, 7) is 41.3. The number of hydrazone groups is 1. The van der Waals surface area contributed by atoms with E-state index < -0.39 is 0 Å². The molecule has 3 nitrogen and oxygen atoms in total. The SMILES string of the molecule is CC(C)(C)c1ccc(-c2ccc(C(C)(C)C)c(-c3ccc(C4=NN(c5ccc(-c6cc(-c7ccc(C(C)(C)C)cc7)ccc6C(C)(C)C)cc5)C(c5ccc(-c6cc(-c7ccc(C(C)(C)C)cc7)ccc6C(C)(C)C)cc5)N4)cc3)c2)cc1. The Morgan fingerprint density at radius 2 is 0.542 bits per heavy atom. The van der Waals surface area contributed by atoms with E-state index in [4.69, 9.17) is 5.10 Å². The molecule has 1 aliphatic rings. The van der Waals surface area contributed by atoms with Gasteiger partial charge in [0.1, 0.15) is 6.17 Å². The summed E-state index contributed by atoms with van der Waals surface area (Å²) in [4.78, 5) is 0. The van der Waals surface area contributed by atoms with Gasteiger partial charge in [-0.2, -0.15) is 5.10 Å². The molecule has 1 unspecified atom stereocenters. The molecule has 0 saturated heterocycles. The lowest BCUT2D eigenvalue weighted by molar-refractivity contribution is 0.590. The van der Waals surface area contributed by atoms with Gasteiger partial charge in [-0.25, -0.2) is 5.01 Å². The Labute approximate surface area is 499 Å². The van der Waals surface area contributed by atoms with Crippen molar-refractivity contribution in [3.8, 4) is 66.8 Å². The largest absolute Gasteiger partial charge is 0.343 e. The minimum atomic E-state index is -0.266. The third kappa shape index (κ3) is 12.6. The van der Waals surface area contributed by atoms with Crippen LogP contribution in [0.25, 0.3) is 66.8 Å². The molecule has 3 heteroatoms. The monoisotopic (exact) mass is 1090 g/mol. The summed E-state index contributed by atoms with van der Waals surface area (Å²) >= 11 is 0. The number of anilines is 1. The van der Waals surface area contributed by atoms with E-state index in [1.54, 1.807) is 0 Å². The molecule has 83 heavy (non-hydrogen) atoms. The van der Waals surface area contributed by atoms with Crippen LogP contribution in [0.3, 0.4) is 0 Å². The van der Waals surface area contributed by atoms with Gasteiger partial charge in [0.15, 0.2) is 5.84 Å². The topological polar surface area (TPSA) is 27.6 Å². The van der Waals surface area contributed by atoms with E-state index in [0.717, 1.165) is 22.6 Å². The molecule has 0 spiro atoms. The third-order valence-corrected chi connectivity index (χ3v) is 16.9. The van der Waals surface area contributed by atoms with Gasteiger partial charge in [-0.15, -0.1) is 0 Å². The van der Waals surface area contributed by atoms with Gasteiger partial charge in [0, 0.05) is 5.56 Å². The van der Waals surface area contributed by atoms with E-state index in [1.807, 2.05) is 0 Å². The molecule has 1 atom stereocenters. The molecule has 1 N–H and O–H groups in total. The minimum absolute atomic E-state index is 0.0521. The van der Waals surface area contributed by atoms with Crippen molar-refractivity contribution in [2.24, 2.45) is 5.10 Å². The van der Waals surface area contributed by atoms with Crippen molar-refractivity contribution in [2.75, 3.05) is 5.01 Å². The van der Waals surface area contributed by atoms with Crippen molar-refractivity contribution < 1.29 is 0 Å². The molecule has 0 saturated carbocycles. The van der Waals surface area contributed by atoms with Crippen molar-refractivity contribution in [3.63, 3.8) is 0 Å². The second-order valence-electron chi connectivity index (χ2n) is 29.6. The van der Waals surface area contributed by atoms with Crippen LogP contribution in [0.5, 0.6) is 0 Å².